The third-order valence-corrected chi connectivity index (χ3v) is 3.73. The summed E-state index contributed by atoms with van der Waals surface area (Å²) in [6, 6.07) is -0.0164. The molecular weight excluding hydrogens is 220 g/mol. The van der Waals surface area contributed by atoms with Gasteiger partial charge in [-0.1, -0.05) is 0 Å². The van der Waals surface area contributed by atoms with Crippen LogP contribution in [0.25, 0.3) is 0 Å². The number of carboxylic acids is 1. The van der Waals surface area contributed by atoms with Crippen molar-refractivity contribution >= 4 is 12.0 Å². The normalized spacial score (nSPS) is 28.9. The molecule has 1 aliphatic carbocycles. The molecule has 1 saturated heterocycles. The molecule has 2 amide bonds. The molecule has 1 aliphatic heterocycles. The summed E-state index contributed by atoms with van der Waals surface area (Å²) in [5.41, 5.74) is 0. The predicted molar refractivity (Wildman–Crippen MR) is 62.7 cm³/mol. The Morgan fingerprint density at radius 2 is 2.06 bits per heavy atom. The number of carbonyl (C=O) groups is 2. The maximum Gasteiger partial charge on any atom is 0.317 e. The molecule has 0 aromatic heterocycles. The van der Waals surface area contributed by atoms with Gasteiger partial charge in [-0.25, -0.2) is 4.79 Å². The van der Waals surface area contributed by atoms with Crippen LogP contribution in [0.5, 0.6) is 0 Å². The number of likely N-dealkylation sites (tertiary alicyclic amines) is 1. The number of rotatable bonds is 3. The second kappa shape index (κ2) is 4.94. The van der Waals surface area contributed by atoms with Crippen LogP contribution < -0.4 is 5.32 Å². The minimum Gasteiger partial charge on any atom is -0.481 e. The Bertz CT molecular complexity index is 315. The Morgan fingerprint density at radius 1 is 1.35 bits per heavy atom. The first-order valence-electron chi connectivity index (χ1n) is 6.35. The van der Waals surface area contributed by atoms with E-state index in [0.717, 1.165) is 6.54 Å². The second-order valence-corrected chi connectivity index (χ2v) is 5.23. The largest absolute Gasteiger partial charge is 0.481 e. The van der Waals surface area contributed by atoms with Gasteiger partial charge in [0.1, 0.15) is 0 Å². The van der Waals surface area contributed by atoms with E-state index in [-0.39, 0.29) is 18.0 Å². The molecule has 5 nitrogen and oxygen atoms in total. The van der Waals surface area contributed by atoms with Crippen LogP contribution in [0.1, 0.15) is 32.6 Å². The summed E-state index contributed by atoms with van der Waals surface area (Å²) in [7, 11) is 0. The number of carbonyl (C=O) groups excluding carboxylic acids is 1. The van der Waals surface area contributed by atoms with Crippen molar-refractivity contribution in [1.82, 2.24) is 10.2 Å². The van der Waals surface area contributed by atoms with Crippen LogP contribution in [-0.2, 0) is 4.79 Å². The van der Waals surface area contributed by atoms with E-state index in [9.17, 15) is 9.59 Å². The van der Waals surface area contributed by atoms with Gasteiger partial charge >= 0.3 is 12.0 Å². The summed E-state index contributed by atoms with van der Waals surface area (Å²) in [5, 5.41) is 11.9. The lowest BCUT2D eigenvalue weighted by Gasteiger charge is -2.36. The zero-order valence-electron chi connectivity index (χ0n) is 10.2. The van der Waals surface area contributed by atoms with Crippen molar-refractivity contribution in [2.75, 3.05) is 13.1 Å². The number of hydrogen-bond acceptors (Lipinski definition) is 2. The Kier molecular flexibility index (Phi) is 3.54. The van der Waals surface area contributed by atoms with Crippen LogP contribution in [0, 0.1) is 11.8 Å². The number of nitrogens with one attached hydrogen (secondary N) is 1. The molecule has 0 aromatic carbocycles. The monoisotopic (exact) mass is 240 g/mol. The Balaban J connectivity index is 1.80. The summed E-state index contributed by atoms with van der Waals surface area (Å²) in [4.78, 5) is 24.5. The van der Waals surface area contributed by atoms with Crippen molar-refractivity contribution in [3.8, 4) is 0 Å². The molecule has 0 bridgehead atoms. The lowest BCUT2D eigenvalue weighted by molar-refractivity contribution is -0.143. The van der Waals surface area contributed by atoms with E-state index < -0.39 is 5.97 Å². The summed E-state index contributed by atoms with van der Waals surface area (Å²) >= 11 is 0. The van der Waals surface area contributed by atoms with E-state index >= 15 is 0 Å². The van der Waals surface area contributed by atoms with Gasteiger partial charge in [0.15, 0.2) is 0 Å². The van der Waals surface area contributed by atoms with Gasteiger partial charge in [0, 0.05) is 19.1 Å². The minimum absolute atomic E-state index is 0.0176. The maximum absolute atomic E-state index is 11.9. The molecular formula is C12H20N2O3. The number of piperidine rings is 1. The molecule has 2 N–H and O–H groups in total. The van der Waals surface area contributed by atoms with Gasteiger partial charge in [-0.2, -0.15) is 0 Å². The third kappa shape index (κ3) is 3.11. The highest BCUT2D eigenvalue weighted by Gasteiger charge is 2.32. The highest BCUT2D eigenvalue weighted by Crippen LogP contribution is 2.28. The lowest BCUT2D eigenvalue weighted by atomic mass is 9.92. The molecule has 0 aromatic rings. The van der Waals surface area contributed by atoms with Crippen LogP contribution >= 0.6 is 0 Å². The topological polar surface area (TPSA) is 69.6 Å². The molecule has 2 aliphatic rings. The third-order valence-electron chi connectivity index (χ3n) is 3.73. The first kappa shape index (κ1) is 12.2. The van der Waals surface area contributed by atoms with Gasteiger partial charge in [0.2, 0.25) is 0 Å². The average Bonchev–Trinajstić information content (AvgIpc) is 3.09. The molecule has 17 heavy (non-hydrogen) atoms. The quantitative estimate of drug-likeness (QED) is 0.781. The number of nitrogens with zero attached hydrogens (tertiary/aromatic N) is 1. The first-order chi connectivity index (χ1) is 8.08. The van der Waals surface area contributed by atoms with Crippen LogP contribution in [-0.4, -0.2) is 41.1 Å². The van der Waals surface area contributed by atoms with Crippen LogP contribution in [0.3, 0.4) is 0 Å². The fraction of sp³-hybridized carbons (Fsp3) is 0.833. The second-order valence-electron chi connectivity index (χ2n) is 5.23. The van der Waals surface area contributed by atoms with E-state index in [4.69, 9.17) is 5.11 Å². The summed E-state index contributed by atoms with van der Waals surface area (Å²) < 4.78 is 0. The average molecular weight is 240 g/mol. The van der Waals surface area contributed by atoms with Crippen molar-refractivity contribution < 1.29 is 14.7 Å². The predicted octanol–water partition coefficient (Wildman–Crippen LogP) is 1.29. The Hall–Kier alpha value is -1.26. The molecule has 0 spiro atoms. The Labute approximate surface area is 101 Å². The summed E-state index contributed by atoms with van der Waals surface area (Å²) in [5.74, 6) is -0.363. The van der Waals surface area contributed by atoms with Crippen molar-refractivity contribution in [1.29, 1.82) is 0 Å². The fourth-order valence-corrected chi connectivity index (χ4v) is 2.35. The van der Waals surface area contributed by atoms with Gasteiger partial charge in [-0.3, -0.25) is 4.79 Å². The first-order valence-corrected chi connectivity index (χ1v) is 6.35. The van der Waals surface area contributed by atoms with E-state index in [2.05, 4.69) is 5.32 Å². The molecule has 1 saturated carbocycles. The van der Waals surface area contributed by atoms with Gasteiger partial charge in [0.05, 0.1) is 5.92 Å². The molecule has 96 valence electrons. The number of urea groups is 1. The molecule has 2 rings (SSSR count). The highest BCUT2D eigenvalue weighted by molar-refractivity contribution is 5.75. The van der Waals surface area contributed by atoms with Crippen molar-refractivity contribution in [3.63, 3.8) is 0 Å². The van der Waals surface area contributed by atoms with Crippen molar-refractivity contribution in [3.05, 3.63) is 0 Å². The van der Waals surface area contributed by atoms with E-state index in [0.29, 0.717) is 25.3 Å². The molecule has 1 heterocycles. The smallest absolute Gasteiger partial charge is 0.317 e. The van der Waals surface area contributed by atoms with Crippen LogP contribution in [0.2, 0.25) is 0 Å². The maximum atomic E-state index is 11.9. The fourth-order valence-electron chi connectivity index (χ4n) is 2.35. The number of aliphatic carboxylic acids is 1. The molecule has 2 unspecified atom stereocenters. The van der Waals surface area contributed by atoms with Crippen molar-refractivity contribution in [2.24, 2.45) is 11.8 Å². The number of carboxylic acid groups (broad SMARTS) is 1. The van der Waals surface area contributed by atoms with Crippen molar-refractivity contribution in [2.45, 2.75) is 38.6 Å². The summed E-state index contributed by atoms with van der Waals surface area (Å²) in [6.45, 7) is 3.24. The Morgan fingerprint density at radius 3 is 2.59 bits per heavy atom. The zero-order valence-corrected chi connectivity index (χ0v) is 10.2. The standard InChI is InChI=1S/C12H20N2O3/c1-8-6-10(11(15)16)4-5-14(8)12(17)13-7-9-2-3-9/h8-10H,2-7H2,1H3,(H,13,17)(H,15,16). The SMILES string of the molecule is CC1CC(C(=O)O)CCN1C(=O)NCC1CC1. The number of hydrogen-bond donors (Lipinski definition) is 2. The van der Waals surface area contributed by atoms with Crippen LogP contribution in [0.15, 0.2) is 0 Å². The molecule has 2 fully saturated rings. The van der Waals surface area contributed by atoms with Crippen LogP contribution in [0.4, 0.5) is 4.79 Å². The van der Waals surface area contributed by atoms with Gasteiger partial charge in [-0.05, 0) is 38.5 Å². The van der Waals surface area contributed by atoms with E-state index in [1.165, 1.54) is 12.8 Å². The molecule has 0 radical (unpaired) electrons. The lowest BCUT2D eigenvalue weighted by Crippen LogP contribution is -2.50. The van der Waals surface area contributed by atoms with Gasteiger partial charge in [-0.15, -0.1) is 0 Å². The zero-order chi connectivity index (χ0) is 12.4. The van der Waals surface area contributed by atoms with E-state index in [1.54, 1.807) is 4.90 Å². The summed E-state index contributed by atoms with van der Waals surface area (Å²) in [6.07, 6.45) is 3.57. The van der Waals surface area contributed by atoms with E-state index in [1.807, 2.05) is 6.92 Å². The van der Waals surface area contributed by atoms with Gasteiger partial charge < -0.3 is 15.3 Å². The molecule has 5 heteroatoms. The minimum atomic E-state index is -0.741. The molecule has 2 atom stereocenters. The number of amides is 2. The highest BCUT2D eigenvalue weighted by atomic mass is 16.4. The van der Waals surface area contributed by atoms with Gasteiger partial charge in [0.25, 0.3) is 0 Å².